The van der Waals surface area contributed by atoms with Gasteiger partial charge in [0.1, 0.15) is 0 Å². The third-order valence-corrected chi connectivity index (χ3v) is 2.17. The van der Waals surface area contributed by atoms with Gasteiger partial charge in [0, 0.05) is 5.41 Å². The van der Waals surface area contributed by atoms with E-state index in [4.69, 9.17) is 0 Å². The normalized spacial score (nSPS) is 12.2. The Labute approximate surface area is 97.7 Å². The van der Waals surface area contributed by atoms with E-state index < -0.39 is 5.41 Å². The summed E-state index contributed by atoms with van der Waals surface area (Å²) in [7, 11) is 0. The van der Waals surface area contributed by atoms with Crippen molar-refractivity contribution in [2.45, 2.75) is 34.1 Å². The predicted octanol–water partition coefficient (Wildman–Crippen LogP) is 3.25. The fourth-order valence-corrected chi connectivity index (χ4v) is 1.06. The van der Waals surface area contributed by atoms with Gasteiger partial charge in [-0.15, -0.1) is 0 Å². The van der Waals surface area contributed by atoms with E-state index >= 15 is 0 Å². The average Bonchev–Trinajstić information content (AvgIpc) is 2.12. The lowest BCUT2D eigenvalue weighted by Gasteiger charge is -2.18. The molecule has 0 aromatic rings. The number of rotatable bonds is 6. The largest absolute Gasteiger partial charge is 0.295 e. The molecule has 0 aliphatic carbocycles. The number of hydrogen-bond donors (Lipinski definition) is 0. The molecular weight excluding hydrogens is 200 g/mol. The maximum absolute atomic E-state index is 11.8. The summed E-state index contributed by atoms with van der Waals surface area (Å²) in [4.78, 5) is 22.5. The lowest BCUT2D eigenvalue weighted by molar-refractivity contribution is -0.122. The Hall–Kier alpha value is -1.44. The van der Waals surface area contributed by atoms with Crippen molar-refractivity contribution in [1.29, 1.82) is 0 Å². The summed E-state index contributed by atoms with van der Waals surface area (Å²) >= 11 is 0. The van der Waals surface area contributed by atoms with Crippen LogP contribution in [0.4, 0.5) is 0 Å². The molecule has 0 spiro atoms. The monoisotopic (exact) mass is 220 g/mol. The van der Waals surface area contributed by atoms with E-state index in [0.29, 0.717) is 6.42 Å². The second kappa shape index (κ2) is 6.21. The van der Waals surface area contributed by atoms with Crippen molar-refractivity contribution < 1.29 is 9.59 Å². The number of allylic oxidation sites excluding steroid dienone is 5. The van der Waals surface area contributed by atoms with Gasteiger partial charge in [-0.1, -0.05) is 38.2 Å². The van der Waals surface area contributed by atoms with Gasteiger partial charge in [0.25, 0.3) is 0 Å². The van der Waals surface area contributed by atoms with E-state index in [1.54, 1.807) is 18.2 Å². The van der Waals surface area contributed by atoms with Crippen molar-refractivity contribution in [3.63, 3.8) is 0 Å². The number of ketones is 2. The van der Waals surface area contributed by atoms with Crippen LogP contribution in [0.1, 0.15) is 34.1 Å². The van der Waals surface area contributed by atoms with Crippen LogP contribution in [0.25, 0.3) is 0 Å². The van der Waals surface area contributed by atoms with Gasteiger partial charge in [-0.25, -0.2) is 0 Å². The zero-order valence-electron chi connectivity index (χ0n) is 10.5. The van der Waals surface area contributed by atoms with Gasteiger partial charge < -0.3 is 0 Å². The molecule has 0 heterocycles. The van der Waals surface area contributed by atoms with E-state index in [-0.39, 0.29) is 11.6 Å². The molecule has 0 fully saturated rings. The van der Waals surface area contributed by atoms with Crippen LogP contribution < -0.4 is 0 Å². The fraction of sp³-hybridized carbons (Fsp3) is 0.429. The lowest BCUT2D eigenvalue weighted by Crippen LogP contribution is -2.21. The molecule has 0 rings (SSSR count). The van der Waals surface area contributed by atoms with Crippen LogP contribution in [0.15, 0.2) is 36.5 Å². The lowest BCUT2D eigenvalue weighted by atomic mass is 9.84. The van der Waals surface area contributed by atoms with Crippen LogP contribution in [-0.2, 0) is 9.59 Å². The summed E-state index contributed by atoms with van der Waals surface area (Å²) in [5.74, 6) is 0.0458. The quantitative estimate of drug-likeness (QED) is 0.508. The van der Waals surface area contributed by atoms with Crippen LogP contribution in [0, 0.1) is 5.41 Å². The Kier molecular flexibility index (Phi) is 5.65. The van der Waals surface area contributed by atoms with Gasteiger partial charge in [0.2, 0.25) is 0 Å². The van der Waals surface area contributed by atoms with E-state index in [1.165, 1.54) is 13.0 Å². The smallest absolute Gasteiger partial charge is 0.161 e. The first-order valence-electron chi connectivity index (χ1n) is 5.31. The van der Waals surface area contributed by atoms with Crippen molar-refractivity contribution in [3.05, 3.63) is 36.5 Å². The molecule has 0 aliphatic heterocycles. The molecule has 0 N–H and O–H groups in total. The van der Waals surface area contributed by atoms with Crippen LogP contribution >= 0.6 is 0 Å². The van der Waals surface area contributed by atoms with E-state index in [9.17, 15) is 9.59 Å². The molecule has 0 unspecified atom stereocenters. The predicted molar refractivity (Wildman–Crippen MR) is 67.2 cm³/mol. The highest BCUT2D eigenvalue weighted by Crippen LogP contribution is 2.23. The Bertz CT molecular complexity index is 344. The van der Waals surface area contributed by atoms with E-state index in [0.717, 1.165) is 5.57 Å². The first-order chi connectivity index (χ1) is 7.25. The van der Waals surface area contributed by atoms with Gasteiger partial charge in [-0.3, -0.25) is 9.59 Å². The van der Waals surface area contributed by atoms with Crippen LogP contribution in [0.5, 0.6) is 0 Å². The third-order valence-electron chi connectivity index (χ3n) is 2.17. The zero-order chi connectivity index (χ0) is 12.8. The molecule has 0 radical (unpaired) electrons. The first kappa shape index (κ1) is 14.6. The number of carbonyl (C=O) groups excluding carboxylic acids is 2. The maximum Gasteiger partial charge on any atom is 0.161 e. The number of carbonyl (C=O) groups is 2. The minimum absolute atomic E-state index is 0.000673. The average molecular weight is 220 g/mol. The molecule has 0 saturated heterocycles. The van der Waals surface area contributed by atoms with Gasteiger partial charge in [-0.2, -0.15) is 0 Å². The van der Waals surface area contributed by atoms with Crippen molar-refractivity contribution in [2.75, 3.05) is 0 Å². The van der Waals surface area contributed by atoms with Crippen molar-refractivity contribution in [1.82, 2.24) is 0 Å². The summed E-state index contributed by atoms with van der Waals surface area (Å²) in [5.41, 5.74) is 0.376. The summed E-state index contributed by atoms with van der Waals surface area (Å²) in [6.45, 7) is 10.8. The van der Waals surface area contributed by atoms with Gasteiger partial charge in [0.15, 0.2) is 11.6 Å². The SMILES string of the molecule is C=C(C)/C=C/C(=O)C(C)(C)C/C=C\C(C)=O. The summed E-state index contributed by atoms with van der Waals surface area (Å²) < 4.78 is 0. The minimum Gasteiger partial charge on any atom is -0.295 e. The van der Waals surface area contributed by atoms with Gasteiger partial charge in [0.05, 0.1) is 0 Å². The van der Waals surface area contributed by atoms with Crippen molar-refractivity contribution >= 4 is 11.6 Å². The Morgan fingerprint density at radius 1 is 1.12 bits per heavy atom. The molecule has 88 valence electrons. The molecule has 0 bridgehead atoms. The molecule has 0 amide bonds. The Morgan fingerprint density at radius 3 is 2.12 bits per heavy atom. The molecule has 16 heavy (non-hydrogen) atoms. The third kappa shape index (κ3) is 6.12. The molecule has 0 aliphatic rings. The van der Waals surface area contributed by atoms with Crippen molar-refractivity contribution in [2.24, 2.45) is 5.41 Å². The summed E-state index contributed by atoms with van der Waals surface area (Å²) in [6.07, 6.45) is 7.06. The molecular formula is C14H20O2. The summed E-state index contributed by atoms with van der Waals surface area (Å²) in [5, 5.41) is 0. The summed E-state index contributed by atoms with van der Waals surface area (Å²) in [6, 6.07) is 0. The fourth-order valence-electron chi connectivity index (χ4n) is 1.06. The topological polar surface area (TPSA) is 34.1 Å². The second-order valence-corrected chi connectivity index (χ2v) is 4.64. The standard InChI is InChI=1S/C14H20O2/c1-11(2)8-9-13(16)14(4,5)10-6-7-12(3)15/h6-9H,1,10H2,2-5H3/b7-6-,9-8+. The second-order valence-electron chi connectivity index (χ2n) is 4.64. The first-order valence-corrected chi connectivity index (χ1v) is 5.31. The van der Waals surface area contributed by atoms with Gasteiger partial charge in [-0.05, 0) is 32.4 Å². The molecule has 0 aromatic heterocycles. The minimum atomic E-state index is -0.474. The van der Waals surface area contributed by atoms with Crippen LogP contribution in [-0.4, -0.2) is 11.6 Å². The maximum atomic E-state index is 11.8. The van der Waals surface area contributed by atoms with Gasteiger partial charge >= 0.3 is 0 Å². The van der Waals surface area contributed by atoms with Crippen molar-refractivity contribution in [3.8, 4) is 0 Å². The highest BCUT2D eigenvalue weighted by molar-refractivity contribution is 5.94. The van der Waals surface area contributed by atoms with Crippen LogP contribution in [0.2, 0.25) is 0 Å². The highest BCUT2D eigenvalue weighted by Gasteiger charge is 2.23. The van der Waals surface area contributed by atoms with E-state index in [1.807, 2.05) is 20.8 Å². The van der Waals surface area contributed by atoms with Crippen LogP contribution in [0.3, 0.4) is 0 Å². The Morgan fingerprint density at radius 2 is 1.69 bits per heavy atom. The molecule has 0 aromatic carbocycles. The molecule has 0 saturated carbocycles. The molecule has 2 heteroatoms. The highest BCUT2D eigenvalue weighted by atomic mass is 16.1. The molecule has 2 nitrogen and oxygen atoms in total. The Balaban J connectivity index is 4.48. The zero-order valence-corrected chi connectivity index (χ0v) is 10.5. The molecule has 0 atom stereocenters. The number of hydrogen-bond acceptors (Lipinski definition) is 2. The van der Waals surface area contributed by atoms with E-state index in [2.05, 4.69) is 6.58 Å².